The predicted octanol–water partition coefficient (Wildman–Crippen LogP) is 4.86. The number of benzene rings is 1. The van der Waals surface area contributed by atoms with E-state index in [1.165, 1.54) is 0 Å². The Hall–Kier alpha value is -3.99. The van der Waals surface area contributed by atoms with Crippen LogP contribution >= 0.6 is 15.9 Å². The maximum atomic E-state index is 12.2. The molecule has 2 aromatic heterocycles. The molecule has 0 radical (unpaired) electrons. The monoisotopic (exact) mass is 535 g/mol. The lowest BCUT2D eigenvalue weighted by atomic mass is 9.97. The molecule has 35 heavy (non-hydrogen) atoms. The highest BCUT2D eigenvalue weighted by Crippen LogP contribution is 2.48. The smallest absolute Gasteiger partial charge is 0.356 e. The minimum absolute atomic E-state index is 0.0143. The molecule has 3 aromatic rings. The van der Waals surface area contributed by atoms with Crippen LogP contribution in [0, 0.1) is 0 Å². The molecule has 0 fully saturated rings. The van der Waals surface area contributed by atoms with Crippen LogP contribution in [0.15, 0.2) is 51.7 Å². The van der Waals surface area contributed by atoms with Crippen LogP contribution in [0.2, 0.25) is 0 Å². The Morgan fingerprint density at radius 1 is 1.20 bits per heavy atom. The number of carbonyl (C=O) groups is 1. The van der Waals surface area contributed by atoms with Gasteiger partial charge in [-0.15, -0.1) is 10.2 Å². The van der Waals surface area contributed by atoms with Crippen LogP contribution in [0.1, 0.15) is 41.6 Å². The predicted molar refractivity (Wildman–Crippen MR) is 133 cm³/mol. The van der Waals surface area contributed by atoms with E-state index in [-0.39, 0.29) is 18.1 Å². The number of aromatic nitrogens is 6. The van der Waals surface area contributed by atoms with Gasteiger partial charge in [0.1, 0.15) is 5.82 Å². The minimum atomic E-state index is -1.11. The van der Waals surface area contributed by atoms with Gasteiger partial charge in [0.05, 0.1) is 19.1 Å². The Morgan fingerprint density at radius 2 is 2.00 bits per heavy atom. The average Bonchev–Trinajstić information content (AvgIpc) is 3.56. The number of aromatic amines is 1. The van der Waals surface area contributed by atoms with Crippen LogP contribution in [-0.2, 0) is 13.0 Å². The van der Waals surface area contributed by atoms with E-state index in [4.69, 9.17) is 10.2 Å². The number of fused-ring (bicyclic) bond motifs is 1. The van der Waals surface area contributed by atoms with Gasteiger partial charge in [-0.1, -0.05) is 37.6 Å². The van der Waals surface area contributed by atoms with Gasteiger partial charge in [0.25, 0.3) is 0 Å². The molecule has 11 heteroatoms. The summed E-state index contributed by atoms with van der Waals surface area (Å²) in [5.74, 6) is -0.000858. The molecule has 0 bridgehead atoms. The maximum absolute atomic E-state index is 12.2. The Bertz CT molecular complexity index is 1470. The number of tetrazole rings is 1. The number of carboxylic acid groups (broad SMARTS) is 1. The van der Waals surface area contributed by atoms with Crippen LogP contribution in [-0.4, -0.2) is 41.3 Å². The fourth-order valence-corrected chi connectivity index (χ4v) is 5.18. The molecule has 0 saturated heterocycles. The Labute approximate surface area is 208 Å². The standard InChI is InChI=1S/C24H22BrN7O3/c1-2-3-8-18-27-22(26)21(24(33)34)32(18)11-16-13-9-10-35-12-17(13)20(25)19(16)14-6-4-5-7-15(14)23-28-30-31-29-23/h4-7,9-10,12H,2-3,8,11,26H2,1H3,(H,33,34)(H,28,29,30,31). The summed E-state index contributed by atoms with van der Waals surface area (Å²) in [7, 11) is 0. The number of carboxylic acids is 1. The topological polar surface area (TPSA) is 149 Å². The van der Waals surface area contributed by atoms with Gasteiger partial charge in [-0.25, -0.2) is 9.78 Å². The zero-order valence-electron chi connectivity index (χ0n) is 18.8. The number of halogens is 1. The van der Waals surface area contributed by atoms with E-state index in [1.807, 2.05) is 30.3 Å². The van der Waals surface area contributed by atoms with Gasteiger partial charge in [-0.3, -0.25) is 0 Å². The molecule has 178 valence electrons. The summed E-state index contributed by atoms with van der Waals surface area (Å²) < 4.78 is 8.00. The zero-order valence-corrected chi connectivity index (χ0v) is 20.4. The summed E-state index contributed by atoms with van der Waals surface area (Å²) >= 11 is 3.77. The highest BCUT2D eigenvalue weighted by molar-refractivity contribution is 9.10. The van der Waals surface area contributed by atoms with Crippen molar-refractivity contribution in [3.8, 4) is 33.6 Å². The molecule has 1 aromatic carbocycles. The number of hydrogen-bond acceptors (Lipinski definition) is 7. The van der Waals surface area contributed by atoms with Crippen molar-refractivity contribution < 1.29 is 14.3 Å². The van der Waals surface area contributed by atoms with Crippen LogP contribution in [0.4, 0.5) is 5.82 Å². The van der Waals surface area contributed by atoms with Crippen molar-refractivity contribution in [1.82, 2.24) is 30.2 Å². The van der Waals surface area contributed by atoms with Crippen LogP contribution in [0.25, 0.3) is 33.6 Å². The lowest BCUT2D eigenvalue weighted by Gasteiger charge is -2.14. The van der Waals surface area contributed by atoms with E-state index in [0.717, 1.165) is 50.7 Å². The second-order valence-corrected chi connectivity index (χ2v) is 8.88. The second kappa shape index (κ2) is 9.34. The molecule has 0 amide bonds. The lowest BCUT2D eigenvalue weighted by molar-refractivity contribution is 0.0686. The third kappa shape index (κ3) is 3.97. The highest BCUT2D eigenvalue weighted by Gasteiger charge is 2.29. The number of nitrogens with zero attached hydrogens (tertiary/aromatic N) is 5. The number of imidazole rings is 1. The average molecular weight is 536 g/mol. The van der Waals surface area contributed by atoms with E-state index >= 15 is 0 Å². The number of nitrogens with one attached hydrogen (secondary N) is 1. The van der Waals surface area contributed by atoms with Gasteiger partial charge in [-0.05, 0) is 50.3 Å². The maximum Gasteiger partial charge on any atom is 0.356 e. The van der Waals surface area contributed by atoms with Crippen molar-refractivity contribution in [3.63, 3.8) is 0 Å². The fraction of sp³-hybridized carbons (Fsp3) is 0.208. The van der Waals surface area contributed by atoms with Crippen LogP contribution in [0.5, 0.6) is 0 Å². The Morgan fingerprint density at radius 3 is 2.71 bits per heavy atom. The van der Waals surface area contributed by atoms with Gasteiger partial charge in [-0.2, -0.15) is 5.21 Å². The third-order valence-electron chi connectivity index (χ3n) is 6.00. The van der Waals surface area contributed by atoms with Crippen molar-refractivity contribution >= 4 is 27.7 Å². The largest absolute Gasteiger partial charge is 0.476 e. The third-order valence-corrected chi connectivity index (χ3v) is 6.82. The highest BCUT2D eigenvalue weighted by atomic mass is 79.9. The first-order valence-corrected chi connectivity index (χ1v) is 11.9. The number of anilines is 1. The lowest BCUT2D eigenvalue weighted by Crippen LogP contribution is -2.14. The summed E-state index contributed by atoms with van der Waals surface area (Å²) in [6.07, 6.45) is 5.71. The molecule has 0 atom stereocenters. The molecule has 4 N–H and O–H groups in total. The van der Waals surface area contributed by atoms with Crippen molar-refractivity contribution in [3.05, 3.63) is 64.4 Å². The molecule has 1 aliphatic heterocycles. The van der Waals surface area contributed by atoms with Gasteiger partial charge in [0.2, 0.25) is 5.82 Å². The number of nitrogens with two attached hydrogens (primary N) is 1. The SMILES string of the molecule is CCCCc1nc(N)c(C(=O)O)n1Cc1c2ccocc-2c(Br)c1-c1ccccc1-c1nn[nH]n1. The first-order chi connectivity index (χ1) is 17.0. The second-order valence-electron chi connectivity index (χ2n) is 8.09. The van der Waals surface area contributed by atoms with E-state index in [9.17, 15) is 9.90 Å². The van der Waals surface area contributed by atoms with Crippen LogP contribution in [0.3, 0.4) is 0 Å². The normalized spacial score (nSPS) is 11.4. The molecule has 3 heterocycles. The molecule has 10 nitrogen and oxygen atoms in total. The van der Waals surface area contributed by atoms with E-state index < -0.39 is 5.97 Å². The number of hydrogen-bond donors (Lipinski definition) is 3. The molecule has 1 aliphatic carbocycles. The first-order valence-electron chi connectivity index (χ1n) is 11.1. The summed E-state index contributed by atoms with van der Waals surface area (Å²) in [6.45, 7) is 2.33. The minimum Gasteiger partial charge on any atom is -0.476 e. The van der Waals surface area contributed by atoms with Gasteiger partial charge in [0.15, 0.2) is 11.5 Å². The summed E-state index contributed by atoms with van der Waals surface area (Å²) in [4.78, 5) is 16.6. The van der Waals surface area contributed by atoms with Crippen molar-refractivity contribution in [2.45, 2.75) is 32.7 Å². The molecular formula is C24H22BrN7O3. The quantitative estimate of drug-likeness (QED) is 0.255. The van der Waals surface area contributed by atoms with Crippen molar-refractivity contribution in [2.75, 3.05) is 5.73 Å². The number of rotatable bonds is 8. The Kier molecular flexibility index (Phi) is 6.08. The molecule has 5 rings (SSSR count). The van der Waals surface area contributed by atoms with Crippen molar-refractivity contribution in [1.29, 1.82) is 0 Å². The number of aryl methyl sites for hydroxylation is 1. The molecular weight excluding hydrogens is 514 g/mol. The first kappa shape index (κ1) is 22.8. The van der Waals surface area contributed by atoms with Crippen LogP contribution < -0.4 is 5.73 Å². The van der Waals surface area contributed by atoms with E-state index in [2.05, 4.69) is 48.5 Å². The molecule has 0 spiro atoms. The number of aromatic carboxylic acids is 1. The summed E-state index contributed by atoms with van der Waals surface area (Å²) in [5, 5.41) is 24.5. The fourth-order valence-electron chi connectivity index (χ4n) is 4.42. The molecule has 0 unspecified atom stereocenters. The number of H-pyrrole nitrogens is 1. The number of nitrogen functional groups attached to an aromatic ring is 1. The Balaban J connectivity index is 1.76. The van der Waals surface area contributed by atoms with Crippen molar-refractivity contribution in [2.24, 2.45) is 0 Å². The van der Waals surface area contributed by atoms with E-state index in [0.29, 0.717) is 18.1 Å². The van der Waals surface area contributed by atoms with Gasteiger partial charge in [0, 0.05) is 27.6 Å². The van der Waals surface area contributed by atoms with Gasteiger partial charge < -0.3 is 19.8 Å². The van der Waals surface area contributed by atoms with Gasteiger partial charge >= 0.3 is 5.97 Å². The molecule has 0 saturated carbocycles. The number of unbranched alkanes of at least 4 members (excludes halogenated alkanes) is 1. The molecule has 2 aliphatic rings. The zero-order chi connectivity index (χ0) is 24.5. The van der Waals surface area contributed by atoms with E-state index in [1.54, 1.807) is 17.1 Å². The summed E-state index contributed by atoms with van der Waals surface area (Å²) in [6, 6.07) is 9.61. The summed E-state index contributed by atoms with van der Waals surface area (Å²) in [5.41, 5.74) is 11.3.